The molecule has 25 heavy (non-hydrogen) atoms. The van der Waals surface area contributed by atoms with Crippen LogP contribution in [0.25, 0.3) is 0 Å². The third-order valence-corrected chi connectivity index (χ3v) is 4.62. The standard InChI is InChI=1S/C19H32N4O.HI/c1-16-14-18(22-19(20-2)21-11-7-13-24-3)10-12-23(16)15-17-8-5-4-6-9-17;/h4-6,8-9,16,18H,7,10-15H2,1-3H3,(H2,20,21,22);1H. The lowest BCUT2D eigenvalue weighted by molar-refractivity contribution is 0.134. The molecule has 5 nitrogen and oxygen atoms in total. The molecule has 2 atom stereocenters. The predicted octanol–water partition coefficient (Wildman–Crippen LogP) is 2.86. The minimum Gasteiger partial charge on any atom is -0.385 e. The van der Waals surface area contributed by atoms with Gasteiger partial charge < -0.3 is 15.4 Å². The molecule has 2 rings (SSSR count). The minimum absolute atomic E-state index is 0. The monoisotopic (exact) mass is 460 g/mol. The number of likely N-dealkylation sites (tertiary alicyclic amines) is 1. The summed E-state index contributed by atoms with van der Waals surface area (Å²) in [6, 6.07) is 11.8. The zero-order valence-corrected chi connectivity index (χ0v) is 18.0. The van der Waals surface area contributed by atoms with Gasteiger partial charge in [0.2, 0.25) is 0 Å². The van der Waals surface area contributed by atoms with Crippen molar-refractivity contribution in [2.24, 2.45) is 4.99 Å². The van der Waals surface area contributed by atoms with E-state index in [-0.39, 0.29) is 24.0 Å². The van der Waals surface area contributed by atoms with Crippen molar-refractivity contribution in [3.63, 3.8) is 0 Å². The number of hydrogen-bond donors (Lipinski definition) is 2. The summed E-state index contributed by atoms with van der Waals surface area (Å²) in [7, 11) is 3.57. The maximum Gasteiger partial charge on any atom is 0.191 e. The molecule has 1 aliphatic heterocycles. The van der Waals surface area contributed by atoms with Crippen LogP contribution in [0.3, 0.4) is 0 Å². The number of rotatable bonds is 7. The maximum absolute atomic E-state index is 5.08. The summed E-state index contributed by atoms with van der Waals surface area (Å²) in [4.78, 5) is 6.90. The van der Waals surface area contributed by atoms with Gasteiger partial charge in [0, 0.05) is 52.5 Å². The second kappa shape index (κ2) is 12.5. The van der Waals surface area contributed by atoms with Crippen molar-refractivity contribution in [2.45, 2.75) is 44.8 Å². The van der Waals surface area contributed by atoms with Crippen LogP contribution in [0.15, 0.2) is 35.3 Å². The highest BCUT2D eigenvalue weighted by Gasteiger charge is 2.25. The average molecular weight is 460 g/mol. The van der Waals surface area contributed by atoms with Gasteiger partial charge in [-0.3, -0.25) is 9.89 Å². The Morgan fingerprint density at radius 3 is 2.72 bits per heavy atom. The molecule has 2 unspecified atom stereocenters. The zero-order valence-electron chi connectivity index (χ0n) is 15.7. The van der Waals surface area contributed by atoms with Crippen LogP contribution in [0.1, 0.15) is 31.7 Å². The van der Waals surface area contributed by atoms with Crippen LogP contribution in [0.5, 0.6) is 0 Å². The third-order valence-electron chi connectivity index (χ3n) is 4.62. The Morgan fingerprint density at radius 2 is 2.08 bits per heavy atom. The van der Waals surface area contributed by atoms with E-state index >= 15 is 0 Å². The first-order chi connectivity index (χ1) is 11.7. The van der Waals surface area contributed by atoms with Crippen LogP contribution in [0.4, 0.5) is 0 Å². The Labute approximate surface area is 169 Å². The number of benzene rings is 1. The number of nitrogens with zero attached hydrogens (tertiary/aromatic N) is 2. The molecule has 142 valence electrons. The lowest BCUT2D eigenvalue weighted by Crippen LogP contribution is -2.51. The van der Waals surface area contributed by atoms with Gasteiger partial charge in [-0.25, -0.2) is 0 Å². The fourth-order valence-electron chi connectivity index (χ4n) is 3.22. The van der Waals surface area contributed by atoms with Gasteiger partial charge in [0.15, 0.2) is 5.96 Å². The topological polar surface area (TPSA) is 48.9 Å². The molecule has 0 bridgehead atoms. The summed E-state index contributed by atoms with van der Waals surface area (Å²) in [6.45, 7) is 6.15. The lowest BCUT2D eigenvalue weighted by Gasteiger charge is -2.38. The number of hydrogen-bond acceptors (Lipinski definition) is 3. The van der Waals surface area contributed by atoms with Gasteiger partial charge in [0.25, 0.3) is 0 Å². The van der Waals surface area contributed by atoms with Crippen LogP contribution in [-0.4, -0.2) is 56.8 Å². The van der Waals surface area contributed by atoms with Crippen LogP contribution >= 0.6 is 24.0 Å². The lowest BCUT2D eigenvalue weighted by atomic mass is 9.97. The third kappa shape index (κ3) is 7.92. The number of ether oxygens (including phenoxy) is 1. The smallest absolute Gasteiger partial charge is 0.191 e. The Balaban J connectivity index is 0.00000312. The van der Waals surface area contributed by atoms with Gasteiger partial charge in [0.1, 0.15) is 0 Å². The molecular weight excluding hydrogens is 427 g/mol. The van der Waals surface area contributed by atoms with E-state index in [2.05, 4.69) is 57.8 Å². The van der Waals surface area contributed by atoms with E-state index in [4.69, 9.17) is 4.74 Å². The predicted molar refractivity (Wildman–Crippen MR) is 116 cm³/mol. The Hall–Kier alpha value is -0.860. The molecule has 0 amide bonds. The Bertz CT molecular complexity index is 497. The van der Waals surface area contributed by atoms with E-state index in [1.54, 1.807) is 7.11 Å². The first kappa shape index (κ1) is 22.2. The van der Waals surface area contributed by atoms with Gasteiger partial charge in [-0.1, -0.05) is 30.3 Å². The van der Waals surface area contributed by atoms with Crippen molar-refractivity contribution in [3.8, 4) is 0 Å². The fraction of sp³-hybridized carbons (Fsp3) is 0.632. The summed E-state index contributed by atoms with van der Waals surface area (Å²) < 4.78 is 5.08. The summed E-state index contributed by atoms with van der Waals surface area (Å²) in [6.07, 6.45) is 3.28. The molecule has 0 saturated carbocycles. The SMILES string of the molecule is CN=C(NCCCOC)NC1CCN(Cc2ccccc2)C(C)C1.I. The normalized spacial score (nSPS) is 21.5. The Kier molecular flexibility index (Phi) is 11.1. The molecule has 1 saturated heterocycles. The van der Waals surface area contributed by atoms with Crippen molar-refractivity contribution in [1.29, 1.82) is 0 Å². The highest BCUT2D eigenvalue weighted by Crippen LogP contribution is 2.19. The van der Waals surface area contributed by atoms with Crippen LogP contribution in [0.2, 0.25) is 0 Å². The molecule has 6 heteroatoms. The molecule has 1 fully saturated rings. The van der Waals surface area contributed by atoms with Crippen molar-refractivity contribution in [1.82, 2.24) is 15.5 Å². The number of piperidine rings is 1. The Morgan fingerprint density at radius 1 is 1.32 bits per heavy atom. The van der Waals surface area contributed by atoms with E-state index in [9.17, 15) is 0 Å². The molecular formula is C19H33IN4O. The van der Waals surface area contributed by atoms with E-state index < -0.39 is 0 Å². The maximum atomic E-state index is 5.08. The number of halogens is 1. The van der Waals surface area contributed by atoms with Crippen molar-refractivity contribution in [2.75, 3.05) is 33.9 Å². The summed E-state index contributed by atoms with van der Waals surface area (Å²) in [5, 5.41) is 6.93. The number of aliphatic imine (C=N–C) groups is 1. The molecule has 1 aromatic carbocycles. The van der Waals surface area contributed by atoms with Crippen LogP contribution in [-0.2, 0) is 11.3 Å². The van der Waals surface area contributed by atoms with Gasteiger partial charge in [0.05, 0.1) is 0 Å². The molecule has 1 aromatic rings. The molecule has 1 aliphatic rings. The first-order valence-corrected chi connectivity index (χ1v) is 8.97. The molecule has 0 radical (unpaired) electrons. The quantitative estimate of drug-likeness (QED) is 0.285. The molecule has 1 heterocycles. The van der Waals surface area contributed by atoms with Gasteiger partial charge in [-0.15, -0.1) is 24.0 Å². The second-order valence-corrected chi connectivity index (χ2v) is 6.52. The van der Waals surface area contributed by atoms with Crippen LogP contribution < -0.4 is 10.6 Å². The molecule has 0 aromatic heterocycles. The van der Waals surface area contributed by atoms with Gasteiger partial charge >= 0.3 is 0 Å². The number of guanidine groups is 1. The van der Waals surface area contributed by atoms with Gasteiger partial charge in [-0.2, -0.15) is 0 Å². The van der Waals surface area contributed by atoms with Crippen molar-refractivity contribution in [3.05, 3.63) is 35.9 Å². The second-order valence-electron chi connectivity index (χ2n) is 6.52. The van der Waals surface area contributed by atoms with E-state index in [1.807, 2.05) is 7.05 Å². The largest absolute Gasteiger partial charge is 0.385 e. The van der Waals surface area contributed by atoms with E-state index in [0.717, 1.165) is 51.5 Å². The fourth-order valence-corrected chi connectivity index (χ4v) is 3.22. The van der Waals surface area contributed by atoms with E-state index in [1.165, 1.54) is 5.56 Å². The number of methoxy groups -OCH3 is 1. The molecule has 0 spiro atoms. The zero-order chi connectivity index (χ0) is 17.2. The minimum atomic E-state index is 0. The summed E-state index contributed by atoms with van der Waals surface area (Å²) in [5.74, 6) is 0.903. The molecule has 0 aliphatic carbocycles. The summed E-state index contributed by atoms with van der Waals surface area (Å²) in [5.41, 5.74) is 1.39. The van der Waals surface area contributed by atoms with Crippen molar-refractivity contribution < 1.29 is 4.74 Å². The van der Waals surface area contributed by atoms with Crippen molar-refractivity contribution >= 4 is 29.9 Å². The first-order valence-electron chi connectivity index (χ1n) is 8.97. The number of nitrogens with one attached hydrogen (secondary N) is 2. The molecule has 2 N–H and O–H groups in total. The average Bonchev–Trinajstić information content (AvgIpc) is 2.61. The van der Waals surface area contributed by atoms with Gasteiger partial charge in [-0.05, 0) is 31.7 Å². The van der Waals surface area contributed by atoms with E-state index in [0.29, 0.717) is 12.1 Å². The van der Waals surface area contributed by atoms with Crippen LogP contribution in [0, 0.1) is 0 Å². The summed E-state index contributed by atoms with van der Waals surface area (Å²) >= 11 is 0. The highest BCUT2D eigenvalue weighted by atomic mass is 127. The highest BCUT2D eigenvalue weighted by molar-refractivity contribution is 14.0.